The third-order valence-corrected chi connectivity index (χ3v) is 5.58. The van der Waals surface area contributed by atoms with Crippen LogP contribution in [0, 0.1) is 0 Å². The molecule has 3 aromatic carbocycles. The summed E-state index contributed by atoms with van der Waals surface area (Å²) in [5.41, 5.74) is 1.54. The minimum absolute atomic E-state index is 0.323. The average Bonchev–Trinajstić information content (AvgIpc) is 2.79. The third kappa shape index (κ3) is 4.11. The minimum atomic E-state index is -0.637. The van der Waals surface area contributed by atoms with Gasteiger partial charge in [-0.3, -0.25) is 9.69 Å². The van der Waals surface area contributed by atoms with Gasteiger partial charge in [-0.1, -0.05) is 48.2 Å². The zero-order valence-electron chi connectivity index (χ0n) is 16.2. The number of methoxy groups -OCH3 is 1. The minimum Gasteiger partial charge on any atom is -0.493 e. The smallest absolute Gasteiger partial charge is 0.344 e. The summed E-state index contributed by atoms with van der Waals surface area (Å²) in [6, 6.07) is 22.3. The number of anilines is 2. The molecule has 0 radical (unpaired) electrons. The molecule has 0 unspecified atom stereocenters. The Balaban J connectivity index is 1.43. The lowest BCUT2D eigenvalue weighted by Crippen LogP contribution is -2.33. The first-order chi connectivity index (χ1) is 14.7. The predicted molar refractivity (Wildman–Crippen MR) is 114 cm³/mol. The van der Waals surface area contributed by atoms with Crippen molar-refractivity contribution in [2.24, 2.45) is 0 Å². The van der Waals surface area contributed by atoms with Crippen LogP contribution in [0.4, 0.5) is 11.4 Å². The molecule has 6 nitrogen and oxygen atoms in total. The lowest BCUT2D eigenvalue weighted by Gasteiger charge is -2.30. The molecule has 0 aliphatic carbocycles. The quantitative estimate of drug-likeness (QED) is 0.548. The molecular weight excluding hydrogens is 402 g/mol. The first-order valence-corrected chi connectivity index (χ1v) is 10.1. The number of esters is 1. The van der Waals surface area contributed by atoms with Crippen LogP contribution >= 0.6 is 11.8 Å². The van der Waals surface area contributed by atoms with E-state index in [4.69, 9.17) is 14.2 Å². The van der Waals surface area contributed by atoms with Crippen LogP contribution in [0.25, 0.3) is 0 Å². The van der Waals surface area contributed by atoms with E-state index in [9.17, 15) is 9.59 Å². The summed E-state index contributed by atoms with van der Waals surface area (Å²) in [6.07, 6.45) is 0. The van der Waals surface area contributed by atoms with E-state index in [0.29, 0.717) is 11.5 Å². The summed E-state index contributed by atoms with van der Waals surface area (Å²) in [4.78, 5) is 28.6. The molecule has 0 saturated carbocycles. The van der Waals surface area contributed by atoms with Crippen molar-refractivity contribution >= 4 is 35.0 Å². The van der Waals surface area contributed by atoms with E-state index in [1.165, 1.54) is 7.11 Å². The van der Waals surface area contributed by atoms with E-state index < -0.39 is 5.97 Å². The molecule has 1 aliphatic heterocycles. The maximum absolute atomic E-state index is 13.0. The van der Waals surface area contributed by atoms with Crippen molar-refractivity contribution in [2.45, 2.75) is 9.79 Å². The fourth-order valence-corrected chi connectivity index (χ4v) is 4.15. The maximum Gasteiger partial charge on any atom is 0.344 e. The Labute approximate surface area is 178 Å². The van der Waals surface area contributed by atoms with Crippen LogP contribution < -0.4 is 14.4 Å². The van der Waals surface area contributed by atoms with E-state index >= 15 is 0 Å². The Kier molecular flexibility index (Phi) is 5.90. The Bertz CT molecular complexity index is 1040. The number of nitrogens with zero attached hydrogens (tertiary/aromatic N) is 1. The van der Waals surface area contributed by atoms with E-state index in [1.54, 1.807) is 40.9 Å². The summed E-state index contributed by atoms with van der Waals surface area (Å²) in [5, 5.41) is 0. The van der Waals surface area contributed by atoms with Gasteiger partial charge in [0.25, 0.3) is 5.91 Å². The van der Waals surface area contributed by atoms with Crippen LogP contribution in [0.2, 0.25) is 0 Å². The standard InChI is InChI=1S/C23H19NO5S/c1-27-18-10-4-5-11-19(18)28-15-23(26)29-14-22(25)24-16-8-2-6-12-20(16)30-21-13-7-3-9-17(21)24/h2-13H,14-15H2,1H3. The van der Waals surface area contributed by atoms with Crippen molar-refractivity contribution in [2.75, 3.05) is 25.2 Å². The highest BCUT2D eigenvalue weighted by atomic mass is 32.2. The van der Waals surface area contributed by atoms with Gasteiger partial charge in [-0.25, -0.2) is 4.79 Å². The topological polar surface area (TPSA) is 65.1 Å². The van der Waals surface area contributed by atoms with Gasteiger partial charge in [0.1, 0.15) is 0 Å². The van der Waals surface area contributed by atoms with Gasteiger partial charge in [0.15, 0.2) is 24.7 Å². The second kappa shape index (κ2) is 8.92. The summed E-state index contributed by atoms with van der Waals surface area (Å²) in [6.45, 7) is -0.710. The molecule has 0 fully saturated rings. The van der Waals surface area contributed by atoms with Crippen molar-refractivity contribution in [1.82, 2.24) is 0 Å². The summed E-state index contributed by atoms with van der Waals surface area (Å²) in [7, 11) is 1.52. The predicted octanol–water partition coefficient (Wildman–Crippen LogP) is 4.45. The molecule has 1 amide bonds. The maximum atomic E-state index is 13.0. The highest BCUT2D eigenvalue weighted by molar-refractivity contribution is 7.99. The number of para-hydroxylation sites is 4. The van der Waals surface area contributed by atoms with Crippen LogP contribution in [-0.2, 0) is 14.3 Å². The number of hydrogen-bond donors (Lipinski definition) is 0. The van der Waals surface area contributed by atoms with Gasteiger partial charge in [-0.05, 0) is 36.4 Å². The van der Waals surface area contributed by atoms with Crippen LogP contribution in [-0.4, -0.2) is 32.2 Å². The van der Waals surface area contributed by atoms with Gasteiger partial charge in [-0.2, -0.15) is 0 Å². The first-order valence-electron chi connectivity index (χ1n) is 9.27. The Morgan fingerprint density at radius 3 is 2.00 bits per heavy atom. The van der Waals surface area contributed by atoms with Crippen molar-refractivity contribution in [1.29, 1.82) is 0 Å². The zero-order valence-corrected chi connectivity index (χ0v) is 17.1. The molecule has 0 spiro atoms. The second-order valence-corrected chi connectivity index (χ2v) is 7.45. The van der Waals surface area contributed by atoms with Crippen LogP contribution in [0.3, 0.4) is 0 Å². The number of ether oxygens (including phenoxy) is 3. The van der Waals surface area contributed by atoms with E-state index in [0.717, 1.165) is 21.2 Å². The van der Waals surface area contributed by atoms with Gasteiger partial charge >= 0.3 is 5.97 Å². The van der Waals surface area contributed by atoms with E-state index in [2.05, 4.69) is 0 Å². The molecule has 0 atom stereocenters. The molecular formula is C23H19NO5S. The molecule has 0 N–H and O–H groups in total. The molecule has 1 heterocycles. The highest BCUT2D eigenvalue weighted by Crippen LogP contribution is 2.47. The second-order valence-electron chi connectivity index (χ2n) is 6.37. The Morgan fingerprint density at radius 1 is 0.800 bits per heavy atom. The molecule has 30 heavy (non-hydrogen) atoms. The highest BCUT2D eigenvalue weighted by Gasteiger charge is 2.28. The first kappa shape index (κ1) is 19.8. The van der Waals surface area contributed by atoms with Gasteiger partial charge in [-0.15, -0.1) is 0 Å². The molecule has 3 aromatic rings. The van der Waals surface area contributed by atoms with Gasteiger partial charge in [0.05, 0.1) is 18.5 Å². The molecule has 4 rings (SSSR count). The molecule has 0 bridgehead atoms. The molecule has 0 aromatic heterocycles. The number of carbonyl (C=O) groups is 2. The van der Waals surface area contributed by atoms with Crippen molar-refractivity contribution in [3.05, 3.63) is 72.8 Å². The monoisotopic (exact) mass is 421 g/mol. The zero-order chi connectivity index (χ0) is 20.9. The fraction of sp³-hybridized carbons (Fsp3) is 0.130. The lowest BCUT2D eigenvalue weighted by molar-refractivity contribution is -0.149. The van der Waals surface area contributed by atoms with Crippen molar-refractivity contribution in [3.8, 4) is 11.5 Å². The molecule has 152 valence electrons. The Morgan fingerprint density at radius 2 is 1.37 bits per heavy atom. The Hall–Kier alpha value is -3.45. The van der Waals surface area contributed by atoms with Gasteiger partial charge in [0, 0.05) is 9.79 Å². The SMILES string of the molecule is COc1ccccc1OCC(=O)OCC(=O)N1c2ccccc2Sc2ccccc21. The summed E-state index contributed by atoms with van der Waals surface area (Å²) < 4.78 is 15.8. The number of benzene rings is 3. The van der Waals surface area contributed by atoms with E-state index in [-0.39, 0.29) is 19.1 Å². The van der Waals surface area contributed by atoms with Crippen molar-refractivity contribution in [3.63, 3.8) is 0 Å². The van der Waals surface area contributed by atoms with E-state index in [1.807, 2.05) is 48.5 Å². The van der Waals surface area contributed by atoms with Crippen molar-refractivity contribution < 1.29 is 23.8 Å². The van der Waals surface area contributed by atoms with Crippen LogP contribution in [0.1, 0.15) is 0 Å². The summed E-state index contributed by atoms with van der Waals surface area (Å²) in [5.74, 6) is -0.0253. The van der Waals surface area contributed by atoms with Crippen LogP contribution in [0.15, 0.2) is 82.6 Å². The molecule has 7 heteroatoms. The number of carbonyl (C=O) groups excluding carboxylic acids is 2. The molecule has 1 aliphatic rings. The molecule has 0 saturated heterocycles. The number of hydrogen-bond acceptors (Lipinski definition) is 6. The summed E-state index contributed by atoms with van der Waals surface area (Å²) >= 11 is 1.60. The number of amides is 1. The van der Waals surface area contributed by atoms with Gasteiger partial charge in [0.2, 0.25) is 0 Å². The third-order valence-electron chi connectivity index (χ3n) is 4.45. The average molecular weight is 421 g/mol. The van der Waals surface area contributed by atoms with Gasteiger partial charge < -0.3 is 14.2 Å². The number of rotatable bonds is 6. The number of fused-ring (bicyclic) bond motifs is 2. The largest absolute Gasteiger partial charge is 0.493 e. The normalized spacial score (nSPS) is 11.8. The fourth-order valence-electron chi connectivity index (χ4n) is 3.10. The lowest BCUT2D eigenvalue weighted by atomic mass is 10.2. The van der Waals surface area contributed by atoms with Crippen LogP contribution in [0.5, 0.6) is 11.5 Å².